The fourth-order valence-electron chi connectivity index (χ4n) is 1.51. The summed E-state index contributed by atoms with van der Waals surface area (Å²) in [7, 11) is 0. The second-order valence-corrected chi connectivity index (χ2v) is 3.74. The standard InChI is InChI=1S/C12H12ClN2/c13-6-2-4-11-3-1-5-12(9-11)15-8-7-14-10-15/h1,3,5,7-9H,2,4,6H2. The summed E-state index contributed by atoms with van der Waals surface area (Å²) in [6.45, 7) is 0. The first-order valence-electron chi connectivity index (χ1n) is 4.96. The first-order chi connectivity index (χ1) is 7.40. The Morgan fingerprint density at radius 2 is 2.33 bits per heavy atom. The number of imidazole rings is 1. The van der Waals surface area contributed by atoms with E-state index in [-0.39, 0.29) is 0 Å². The molecule has 0 atom stereocenters. The lowest BCUT2D eigenvalue weighted by Gasteiger charge is -2.04. The van der Waals surface area contributed by atoms with Crippen molar-refractivity contribution in [2.45, 2.75) is 12.8 Å². The van der Waals surface area contributed by atoms with E-state index in [4.69, 9.17) is 11.6 Å². The SMILES string of the molecule is ClCCCc1cccc(-n2[c]ncc2)c1. The van der Waals surface area contributed by atoms with E-state index in [0.717, 1.165) is 18.5 Å². The minimum atomic E-state index is 0.710. The molecule has 0 spiro atoms. The van der Waals surface area contributed by atoms with Crippen molar-refractivity contribution < 1.29 is 0 Å². The quantitative estimate of drug-likeness (QED) is 0.724. The van der Waals surface area contributed by atoms with E-state index < -0.39 is 0 Å². The molecule has 0 aliphatic rings. The van der Waals surface area contributed by atoms with Crippen LogP contribution in [0.1, 0.15) is 12.0 Å². The Morgan fingerprint density at radius 1 is 1.40 bits per heavy atom. The summed E-state index contributed by atoms with van der Waals surface area (Å²) in [5, 5.41) is 0. The summed E-state index contributed by atoms with van der Waals surface area (Å²) >= 11 is 5.67. The molecule has 77 valence electrons. The number of benzene rings is 1. The number of alkyl halides is 1. The smallest absolute Gasteiger partial charge is 0.181 e. The molecule has 0 saturated carbocycles. The van der Waals surface area contributed by atoms with Gasteiger partial charge < -0.3 is 0 Å². The van der Waals surface area contributed by atoms with Crippen molar-refractivity contribution >= 4 is 11.6 Å². The highest BCUT2D eigenvalue weighted by Crippen LogP contribution is 2.11. The molecule has 2 aromatic rings. The summed E-state index contributed by atoms with van der Waals surface area (Å²) in [5.41, 5.74) is 2.40. The van der Waals surface area contributed by atoms with Crippen LogP contribution in [0.5, 0.6) is 0 Å². The summed E-state index contributed by atoms with van der Waals surface area (Å²) in [4.78, 5) is 3.91. The van der Waals surface area contributed by atoms with Gasteiger partial charge in [-0.15, -0.1) is 11.6 Å². The molecule has 0 saturated heterocycles. The second-order valence-electron chi connectivity index (χ2n) is 3.36. The molecule has 0 bridgehead atoms. The average Bonchev–Trinajstić information content (AvgIpc) is 2.80. The summed E-state index contributed by atoms with van der Waals surface area (Å²) in [5.74, 6) is 0.710. The molecule has 0 aliphatic heterocycles. The van der Waals surface area contributed by atoms with Gasteiger partial charge in [-0.1, -0.05) is 12.1 Å². The van der Waals surface area contributed by atoms with Crippen molar-refractivity contribution in [1.82, 2.24) is 9.55 Å². The average molecular weight is 220 g/mol. The van der Waals surface area contributed by atoms with Crippen LogP contribution in [0.25, 0.3) is 5.69 Å². The molecule has 1 aromatic heterocycles. The Hall–Kier alpha value is -1.28. The first kappa shape index (κ1) is 10.2. The molecule has 0 aliphatic carbocycles. The van der Waals surface area contributed by atoms with E-state index in [1.807, 2.05) is 22.9 Å². The van der Waals surface area contributed by atoms with Gasteiger partial charge in [-0.05, 0) is 30.5 Å². The molecule has 0 unspecified atom stereocenters. The Kier molecular flexibility index (Phi) is 3.41. The molecular weight excluding hydrogens is 208 g/mol. The van der Waals surface area contributed by atoms with Crippen LogP contribution >= 0.6 is 11.6 Å². The zero-order valence-electron chi connectivity index (χ0n) is 8.36. The first-order valence-corrected chi connectivity index (χ1v) is 5.50. The van der Waals surface area contributed by atoms with Crippen LogP contribution < -0.4 is 0 Å². The maximum atomic E-state index is 5.67. The number of halogens is 1. The van der Waals surface area contributed by atoms with Gasteiger partial charge in [-0.25, -0.2) is 4.98 Å². The Bertz CT molecular complexity index is 409. The summed E-state index contributed by atoms with van der Waals surface area (Å²) in [6.07, 6.45) is 8.53. The van der Waals surface area contributed by atoms with Crippen LogP contribution in [0, 0.1) is 6.33 Å². The van der Waals surface area contributed by atoms with E-state index in [2.05, 4.69) is 23.4 Å². The number of aromatic nitrogens is 2. The highest BCUT2D eigenvalue weighted by Gasteiger charge is 1.98. The van der Waals surface area contributed by atoms with Crippen molar-refractivity contribution in [3.05, 3.63) is 48.5 Å². The fourth-order valence-corrected chi connectivity index (χ4v) is 1.64. The minimum Gasteiger partial charge on any atom is -0.297 e. The van der Waals surface area contributed by atoms with Gasteiger partial charge in [0, 0.05) is 24.0 Å². The topological polar surface area (TPSA) is 17.8 Å². The lowest BCUT2D eigenvalue weighted by molar-refractivity contribution is 0.922. The maximum Gasteiger partial charge on any atom is 0.181 e. The van der Waals surface area contributed by atoms with Crippen LogP contribution in [0.3, 0.4) is 0 Å². The monoisotopic (exact) mass is 219 g/mol. The molecule has 1 heterocycles. The van der Waals surface area contributed by atoms with Gasteiger partial charge >= 0.3 is 0 Å². The largest absolute Gasteiger partial charge is 0.297 e. The fraction of sp³-hybridized carbons (Fsp3) is 0.250. The highest BCUT2D eigenvalue weighted by atomic mass is 35.5. The van der Waals surface area contributed by atoms with Gasteiger partial charge in [0.25, 0.3) is 0 Å². The molecule has 1 radical (unpaired) electrons. The van der Waals surface area contributed by atoms with E-state index in [1.54, 1.807) is 6.20 Å². The minimum absolute atomic E-state index is 0.710. The number of rotatable bonds is 4. The number of hydrogen-bond donors (Lipinski definition) is 0. The lowest BCUT2D eigenvalue weighted by Crippen LogP contribution is -1.93. The number of aryl methyl sites for hydroxylation is 1. The molecule has 0 N–H and O–H groups in total. The molecule has 1 aromatic carbocycles. The van der Waals surface area contributed by atoms with Crippen molar-refractivity contribution in [2.24, 2.45) is 0 Å². The molecule has 2 rings (SSSR count). The zero-order valence-corrected chi connectivity index (χ0v) is 9.11. The molecule has 0 fully saturated rings. The van der Waals surface area contributed by atoms with Crippen molar-refractivity contribution in [3.63, 3.8) is 0 Å². The van der Waals surface area contributed by atoms with E-state index in [9.17, 15) is 0 Å². The highest BCUT2D eigenvalue weighted by molar-refractivity contribution is 6.17. The van der Waals surface area contributed by atoms with Gasteiger partial charge in [-0.3, -0.25) is 4.57 Å². The van der Waals surface area contributed by atoms with Crippen LogP contribution in [0.15, 0.2) is 36.7 Å². The number of hydrogen-bond acceptors (Lipinski definition) is 1. The van der Waals surface area contributed by atoms with E-state index >= 15 is 0 Å². The van der Waals surface area contributed by atoms with Gasteiger partial charge in [0.2, 0.25) is 0 Å². The molecule has 0 amide bonds. The van der Waals surface area contributed by atoms with Crippen LogP contribution in [-0.4, -0.2) is 15.4 Å². The van der Waals surface area contributed by atoms with Crippen molar-refractivity contribution in [3.8, 4) is 5.69 Å². The normalized spacial score (nSPS) is 10.5. The van der Waals surface area contributed by atoms with Gasteiger partial charge in [0.15, 0.2) is 6.33 Å². The maximum absolute atomic E-state index is 5.67. The van der Waals surface area contributed by atoms with Gasteiger partial charge in [0.05, 0.1) is 0 Å². The van der Waals surface area contributed by atoms with Crippen LogP contribution in [0.4, 0.5) is 0 Å². The van der Waals surface area contributed by atoms with Crippen LogP contribution in [0.2, 0.25) is 0 Å². The third-order valence-corrected chi connectivity index (χ3v) is 2.51. The summed E-state index contributed by atoms with van der Waals surface area (Å²) in [6, 6.07) is 8.35. The van der Waals surface area contributed by atoms with Crippen LogP contribution in [-0.2, 0) is 6.42 Å². The molecule has 15 heavy (non-hydrogen) atoms. The predicted molar refractivity (Wildman–Crippen MR) is 61.4 cm³/mol. The Morgan fingerprint density at radius 3 is 3.07 bits per heavy atom. The van der Waals surface area contributed by atoms with Gasteiger partial charge in [-0.2, -0.15) is 0 Å². The Labute approximate surface area is 94.5 Å². The second kappa shape index (κ2) is 4.99. The van der Waals surface area contributed by atoms with E-state index in [0.29, 0.717) is 5.88 Å². The zero-order chi connectivity index (χ0) is 10.5. The van der Waals surface area contributed by atoms with Crippen molar-refractivity contribution in [2.75, 3.05) is 5.88 Å². The predicted octanol–water partition coefficient (Wildman–Crippen LogP) is 2.84. The Balaban J connectivity index is 2.19. The molecule has 3 heteroatoms. The third-order valence-electron chi connectivity index (χ3n) is 2.24. The molecular formula is C12H12ClN2. The lowest BCUT2D eigenvalue weighted by atomic mass is 10.1. The van der Waals surface area contributed by atoms with E-state index in [1.165, 1.54) is 5.56 Å². The number of nitrogens with zero attached hydrogens (tertiary/aromatic N) is 2. The summed E-state index contributed by atoms with van der Waals surface area (Å²) < 4.78 is 1.88. The van der Waals surface area contributed by atoms with Crippen molar-refractivity contribution in [1.29, 1.82) is 0 Å². The van der Waals surface area contributed by atoms with Gasteiger partial charge in [0.1, 0.15) is 0 Å². The molecule has 2 nitrogen and oxygen atoms in total. The third kappa shape index (κ3) is 2.60.